The third-order valence-electron chi connectivity index (χ3n) is 4.38. The van der Waals surface area contributed by atoms with Gasteiger partial charge in [-0.05, 0) is 60.7 Å². The third kappa shape index (κ3) is 4.69. The average Bonchev–Trinajstić information content (AvgIpc) is 2.60. The first-order chi connectivity index (χ1) is 12.3. The second-order valence-corrected chi connectivity index (χ2v) is 6.66. The van der Waals surface area contributed by atoms with Crippen molar-refractivity contribution in [1.82, 2.24) is 5.32 Å². The van der Waals surface area contributed by atoms with E-state index in [1.165, 1.54) is 0 Å². The van der Waals surface area contributed by atoms with E-state index in [1.54, 1.807) is 20.3 Å². The first-order valence-electron chi connectivity index (χ1n) is 8.75. The standard InChI is InChI=1S/C21H28N2O3/c1-13(2)18-12-19(14(3)10-20(18)26-6)15(4)22-21(24)23-16-8-7-9-17(11-16)25-5/h7-13,15H,1-6H3,(H2,22,23,24). The Balaban J connectivity index is 2.14. The first kappa shape index (κ1) is 19.6. The maximum Gasteiger partial charge on any atom is 0.319 e. The zero-order chi connectivity index (χ0) is 19.3. The van der Waals surface area contributed by atoms with Crippen LogP contribution >= 0.6 is 0 Å². The highest BCUT2D eigenvalue weighted by Crippen LogP contribution is 2.32. The molecule has 0 saturated carbocycles. The van der Waals surface area contributed by atoms with Crippen molar-refractivity contribution < 1.29 is 14.3 Å². The first-order valence-corrected chi connectivity index (χ1v) is 8.75. The summed E-state index contributed by atoms with van der Waals surface area (Å²) in [5, 5.41) is 5.84. The Morgan fingerprint density at radius 1 is 1.00 bits per heavy atom. The van der Waals surface area contributed by atoms with Crippen LogP contribution in [-0.2, 0) is 0 Å². The summed E-state index contributed by atoms with van der Waals surface area (Å²) in [5.41, 5.74) is 3.98. The number of carbonyl (C=O) groups excluding carboxylic acids is 1. The number of amides is 2. The molecule has 0 spiro atoms. The molecule has 0 aliphatic rings. The number of carbonyl (C=O) groups is 1. The van der Waals surface area contributed by atoms with Crippen LogP contribution in [0, 0.1) is 6.92 Å². The second kappa shape index (κ2) is 8.61. The monoisotopic (exact) mass is 356 g/mol. The molecule has 0 fully saturated rings. The molecule has 5 nitrogen and oxygen atoms in total. The van der Waals surface area contributed by atoms with Gasteiger partial charge in [-0.15, -0.1) is 0 Å². The Kier molecular flexibility index (Phi) is 6.50. The molecule has 0 aromatic heterocycles. The van der Waals surface area contributed by atoms with Crippen LogP contribution in [0.5, 0.6) is 11.5 Å². The summed E-state index contributed by atoms with van der Waals surface area (Å²) in [6.45, 7) is 8.26. The lowest BCUT2D eigenvalue weighted by Crippen LogP contribution is -2.31. The normalized spacial score (nSPS) is 11.8. The highest BCUT2D eigenvalue weighted by Gasteiger charge is 2.17. The fourth-order valence-electron chi connectivity index (χ4n) is 2.95. The van der Waals surface area contributed by atoms with Crippen molar-refractivity contribution in [3.63, 3.8) is 0 Å². The molecule has 5 heteroatoms. The molecular weight excluding hydrogens is 328 g/mol. The number of anilines is 1. The van der Waals surface area contributed by atoms with E-state index in [4.69, 9.17) is 9.47 Å². The van der Waals surface area contributed by atoms with Gasteiger partial charge in [-0.25, -0.2) is 4.79 Å². The van der Waals surface area contributed by atoms with E-state index >= 15 is 0 Å². The second-order valence-electron chi connectivity index (χ2n) is 6.66. The van der Waals surface area contributed by atoms with Crippen molar-refractivity contribution in [2.24, 2.45) is 0 Å². The van der Waals surface area contributed by atoms with Gasteiger partial charge in [0.15, 0.2) is 0 Å². The van der Waals surface area contributed by atoms with Crippen molar-refractivity contribution in [3.05, 3.63) is 53.1 Å². The van der Waals surface area contributed by atoms with Crippen LogP contribution in [0.3, 0.4) is 0 Å². The Labute approximate surface area is 155 Å². The van der Waals surface area contributed by atoms with Gasteiger partial charge in [-0.1, -0.05) is 19.9 Å². The molecule has 0 radical (unpaired) electrons. The number of aryl methyl sites for hydroxylation is 1. The minimum Gasteiger partial charge on any atom is -0.497 e. The maximum absolute atomic E-state index is 12.4. The smallest absolute Gasteiger partial charge is 0.319 e. The highest BCUT2D eigenvalue weighted by molar-refractivity contribution is 5.89. The van der Waals surface area contributed by atoms with E-state index in [0.717, 1.165) is 22.4 Å². The van der Waals surface area contributed by atoms with Gasteiger partial charge in [0.1, 0.15) is 11.5 Å². The minimum absolute atomic E-state index is 0.135. The van der Waals surface area contributed by atoms with E-state index in [2.05, 4.69) is 30.5 Å². The van der Waals surface area contributed by atoms with Crippen molar-refractivity contribution in [2.45, 2.75) is 39.7 Å². The van der Waals surface area contributed by atoms with Crippen molar-refractivity contribution in [1.29, 1.82) is 0 Å². The molecule has 0 saturated heterocycles. The van der Waals surface area contributed by atoms with Crippen molar-refractivity contribution >= 4 is 11.7 Å². The molecule has 1 unspecified atom stereocenters. The van der Waals surface area contributed by atoms with Gasteiger partial charge in [0.25, 0.3) is 0 Å². The van der Waals surface area contributed by atoms with Crippen LogP contribution < -0.4 is 20.1 Å². The molecule has 2 N–H and O–H groups in total. The lowest BCUT2D eigenvalue weighted by molar-refractivity contribution is 0.249. The van der Waals surface area contributed by atoms with E-state index in [9.17, 15) is 4.79 Å². The minimum atomic E-state index is -0.257. The number of urea groups is 1. The van der Waals surface area contributed by atoms with Gasteiger partial charge >= 0.3 is 6.03 Å². The van der Waals surface area contributed by atoms with Crippen LogP contribution in [-0.4, -0.2) is 20.3 Å². The van der Waals surface area contributed by atoms with Gasteiger partial charge in [-0.3, -0.25) is 0 Å². The molecule has 0 bridgehead atoms. The van der Waals surface area contributed by atoms with Crippen LogP contribution in [0.2, 0.25) is 0 Å². The van der Waals surface area contributed by atoms with Crippen LogP contribution in [0.4, 0.5) is 10.5 Å². The summed E-state index contributed by atoms with van der Waals surface area (Å²) >= 11 is 0. The average molecular weight is 356 g/mol. The van der Waals surface area contributed by atoms with Crippen molar-refractivity contribution in [3.8, 4) is 11.5 Å². The fraction of sp³-hybridized carbons (Fsp3) is 0.381. The largest absolute Gasteiger partial charge is 0.497 e. The maximum atomic E-state index is 12.4. The lowest BCUT2D eigenvalue weighted by atomic mass is 9.93. The summed E-state index contributed by atoms with van der Waals surface area (Å²) in [6, 6.07) is 11.0. The molecule has 0 aliphatic heterocycles. The number of ether oxygens (including phenoxy) is 2. The number of nitrogens with one attached hydrogen (secondary N) is 2. The predicted molar refractivity (Wildman–Crippen MR) is 105 cm³/mol. The van der Waals surface area contributed by atoms with E-state index in [1.807, 2.05) is 38.1 Å². The predicted octanol–water partition coefficient (Wildman–Crippen LogP) is 5.02. The Morgan fingerprint density at radius 3 is 2.35 bits per heavy atom. The van der Waals surface area contributed by atoms with Gasteiger partial charge in [0.2, 0.25) is 0 Å². The zero-order valence-corrected chi connectivity index (χ0v) is 16.3. The number of hydrogen-bond acceptors (Lipinski definition) is 3. The summed E-state index contributed by atoms with van der Waals surface area (Å²) in [5.74, 6) is 1.92. The molecule has 1 atom stereocenters. The Hall–Kier alpha value is -2.69. The molecule has 2 aromatic rings. The van der Waals surface area contributed by atoms with Crippen molar-refractivity contribution in [2.75, 3.05) is 19.5 Å². The molecule has 2 aromatic carbocycles. The summed E-state index contributed by atoms with van der Waals surface area (Å²) < 4.78 is 10.7. The number of benzene rings is 2. The van der Waals surface area contributed by atoms with Gasteiger partial charge in [0, 0.05) is 11.8 Å². The summed E-state index contributed by atoms with van der Waals surface area (Å²) in [6.07, 6.45) is 0. The quantitative estimate of drug-likeness (QED) is 0.764. The highest BCUT2D eigenvalue weighted by atomic mass is 16.5. The van der Waals surface area contributed by atoms with Gasteiger partial charge < -0.3 is 20.1 Å². The van der Waals surface area contributed by atoms with E-state index in [-0.39, 0.29) is 12.1 Å². The molecule has 140 valence electrons. The summed E-state index contributed by atoms with van der Waals surface area (Å²) in [7, 11) is 3.28. The van der Waals surface area contributed by atoms with Crippen LogP contribution in [0.15, 0.2) is 36.4 Å². The van der Waals surface area contributed by atoms with E-state index < -0.39 is 0 Å². The number of methoxy groups -OCH3 is 2. The Bertz CT molecular complexity index is 772. The van der Waals surface area contributed by atoms with Gasteiger partial charge in [-0.2, -0.15) is 0 Å². The lowest BCUT2D eigenvalue weighted by Gasteiger charge is -2.21. The van der Waals surface area contributed by atoms with Gasteiger partial charge in [0.05, 0.1) is 20.3 Å². The number of rotatable bonds is 6. The molecule has 0 aliphatic carbocycles. The van der Waals surface area contributed by atoms with Crippen LogP contribution in [0.1, 0.15) is 49.4 Å². The molecule has 26 heavy (non-hydrogen) atoms. The third-order valence-corrected chi connectivity index (χ3v) is 4.38. The SMILES string of the molecule is COc1cccc(NC(=O)NC(C)c2cc(C(C)C)c(OC)cc2C)c1. The zero-order valence-electron chi connectivity index (χ0n) is 16.3. The van der Waals surface area contributed by atoms with E-state index in [0.29, 0.717) is 17.4 Å². The van der Waals surface area contributed by atoms with Crippen LogP contribution in [0.25, 0.3) is 0 Å². The molecule has 2 amide bonds. The fourth-order valence-corrected chi connectivity index (χ4v) is 2.95. The Morgan fingerprint density at radius 2 is 1.73 bits per heavy atom. The summed E-state index contributed by atoms with van der Waals surface area (Å²) in [4.78, 5) is 12.4. The molecule has 0 heterocycles. The number of hydrogen-bond donors (Lipinski definition) is 2. The molecule has 2 rings (SSSR count). The topological polar surface area (TPSA) is 59.6 Å². The molecular formula is C21H28N2O3.